The molecule has 126 valence electrons. The average Bonchev–Trinajstić information content (AvgIpc) is 2.53. The van der Waals surface area contributed by atoms with Crippen LogP contribution in [-0.2, 0) is 26.2 Å². The van der Waals surface area contributed by atoms with Crippen molar-refractivity contribution in [2.45, 2.75) is 51.7 Å². The van der Waals surface area contributed by atoms with E-state index in [0.29, 0.717) is 6.54 Å². The first kappa shape index (κ1) is 17.5. The average molecular weight is 319 g/mol. The molecule has 23 heavy (non-hydrogen) atoms. The number of benzene rings is 1. The quantitative estimate of drug-likeness (QED) is 0.924. The van der Waals surface area contributed by atoms with Gasteiger partial charge in [0.05, 0.1) is 18.1 Å². The molecule has 1 amide bonds. The van der Waals surface area contributed by atoms with Crippen molar-refractivity contribution in [1.29, 1.82) is 0 Å². The lowest BCUT2D eigenvalue weighted by Crippen LogP contribution is -2.55. The smallest absolute Gasteiger partial charge is 0.334 e. The van der Waals surface area contributed by atoms with E-state index in [1.54, 1.807) is 11.8 Å². The zero-order valence-corrected chi connectivity index (χ0v) is 14.2. The summed E-state index contributed by atoms with van der Waals surface area (Å²) < 4.78 is 5.38. The Balaban J connectivity index is 2.20. The Bertz CT molecular complexity index is 579. The number of aliphatic carboxylic acids is 1. The topological polar surface area (TPSA) is 66.8 Å². The molecule has 0 spiro atoms. The van der Waals surface area contributed by atoms with Crippen LogP contribution in [0.2, 0.25) is 0 Å². The number of nitrogens with zero attached hydrogens (tertiary/aromatic N) is 1. The second-order valence-corrected chi connectivity index (χ2v) is 6.66. The molecule has 1 saturated heterocycles. The molecule has 2 atom stereocenters. The number of carbonyl (C=O) groups excluding carboxylic acids is 1. The standard InChI is InChI=1S/C18H25NO4/c1-5-13-6-8-14(9-7-13)18(3,4)17(22)19-10-12(2)23-15(11-19)16(20)21/h6-9,12,15H,5,10-11H2,1-4H3,(H,20,21)/t12-,15?/m1/s1. The Morgan fingerprint density at radius 1 is 1.26 bits per heavy atom. The number of carboxylic acid groups (broad SMARTS) is 1. The van der Waals surface area contributed by atoms with Crippen LogP contribution in [0.15, 0.2) is 24.3 Å². The number of ether oxygens (including phenoxy) is 1. The van der Waals surface area contributed by atoms with Gasteiger partial charge in [-0.25, -0.2) is 4.79 Å². The van der Waals surface area contributed by atoms with Crippen molar-refractivity contribution >= 4 is 11.9 Å². The molecule has 5 heteroatoms. The monoisotopic (exact) mass is 319 g/mol. The van der Waals surface area contributed by atoms with Gasteiger partial charge in [0.25, 0.3) is 0 Å². The minimum atomic E-state index is -1.03. The third-order valence-electron chi connectivity index (χ3n) is 4.44. The molecule has 0 saturated carbocycles. The van der Waals surface area contributed by atoms with Gasteiger partial charge in [-0.3, -0.25) is 4.79 Å². The summed E-state index contributed by atoms with van der Waals surface area (Å²) in [6, 6.07) is 8.03. The third-order valence-corrected chi connectivity index (χ3v) is 4.44. The number of hydrogen-bond donors (Lipinski definition) is 1. The summed E-state index contributed by atoms with van der Waals surface area (Å²) >= 11 is 0. The predicted octanol–water partition coefficient (Wildman–Crippen LogP) is 2.23. The van der Waals surface area contributed by atoms with Crippen LogP contribution in [-0.4, -0.2) is 47.2 Å². The molecule has 5 nitrogen and oxygen atoms in total. The van der Waals surface area contributed by atoms with Crippen LogP contribution in [0.1, 0.15) is 38.8 Å². The minimum absolute atomic E-state index is 0.0665. The van der Waals surface area contributed by atoms with E-state index in [1.807, 2.05) is 38.1 Å². The number of amides is 1. The summed E-state index contributed by atoms with van der Waals surface area (Å²) in [5.41, 5.74) is 1.46. The molecule has 1 aliphatic heterocycles. The van der Waals surface area contributed by atoms with Crippen molar-refractivity contribution < 1.29 is 19.4 Å². The Morgan fingerprint density at radius 2 is 1.87 bits per heavy atom. The van der Waals surface area contributed by atoms with Crippen molar-refractivity contribution in [3.05, 3.63) is 35.4 Å². The summed E-state index contributed by atoms with van der Waals surface area (Å²) in [5.74, 6) is -1.09. The van der Waals surface area contributed by atoms with Gasteiger partial charge in [-0.05, 0) is 38.3 Å². The number of carboxylic acids is 1. The van der Waals surface area contributed by atoms with E-state index in [1.165, 1.54) is 5.56 Å². The molecule has 1 fully saturated rings. The summed E-state index contributed by atoms with van der Waals surface area (Å²) in [4.78, 5) is 25.8. The van der Waals surface area contributed by atoms with Crippen molar-refractivity contribution in [2.75, 3.05) is 13.1 Å². The lowest BCUT2D eigenvalue weighted by molar-refractivity contribution is -0.168. The van der Waals surface area contributed by atoms with Gasteiger partial charge in [0.1, 0.15) is 0 Å². The van der Waals surface area contributed by atoms with Gasteiger partial charge in [-0.2, -0.15) is 0 Å². The lowest BCUT2D eigenvalue weighted by Gasteiger charge is -2.39. The summed E-state index contributed by atoms with van der Waals surface area (Å²) in [5, 5.41) is 9.17. The molecule has 0 aromatic heterocycles. The van der Waals surface area contributed by atoms with Gasteiger partial charge in [0.2, 0.25) is 5.91 Å². The maximum atomic E-state index is 13.0. The molecule has 1 aromatic carbocycles. The summed E-state index contributed by atoms with van der Waals surface area (Å²) in [6.07, 6.45) is -0.288. The van der Waals surface area contributed by atoms with E-state index in [0.717, 1.165) is 12.0 Å². The largest absolute Gasteiger partial charge is 0.479 e. The number of carbonyl (C=O) groups is 2. The van der Waals surface area contributed by atoms with Crippen molar-refractivity contribution in [2.24, 2.45) is 0 Å². The van der Waals surface area contributed by atoms with Gasteiger partial charge >= 0.3 is 5.97 Å². The zero-order chi connectivity index (χ0) is 17.2. The highest BCUT2D eigenvalue weighted by molar-refractivity contribution is 5.88. The van der Waals surface area contributed by atoms with Crippen molar-refractivity contribution in [1.82, 2.24) is 4.90 Å². The third kappa shape index (κ3) is 3.72. The van der Waals surface area contributed by atoms with Crippen molar-refractivity contribution in [3.63, 3.8) is 0 Å². The van der Waals surface area contributed by atoms with Crippen LogP contribution < -0.4 is 0 Å². The van der Waals surface area contributed by atoms with Gasteiger partial charge < -0.3 is 14.7 Å². The number of hydrogen-bond acceptors (Lipinski definition) is 3. The molecule has 1 aromatic rings. The summed E-state index contributed by atoms with van der Waals surface area (Å²) in [6.45, 7) is 8.15. The van der Waals surface area contributed by atoms with E-state index in [2.05, 4.69) is 6.92 Å². The fourth-order valence-electron chi connectivity index (χ4n) is 2.93. The molecule has 1 heterocycles. The van der Waals surface area contributed by atoms with Crippen LogP contribution in [0.3, 0.4) is 0 Å². The van der Waals surface area contributed by atoms with E-state index in [-0.39, 0.29) is 18.6 Å². The Kier molecular flexibility index (Phi) is 5.09. The minimum Gasteiger partial charge on any atom is -0.479 e. The highest BCUT2D eigenvalue weighted by Crippen LogP contribution is 2.28. The molecule has 0 aliphatic carbocycles. The molecule has 2 rings (SSSR count). The Morgan fingerprint density at radius 3 is 2.39 bits per heavy atom. The zero-order valence-electron chi connectivity index (χ0n) is 14.2. The van der Waals surface area contributed by atoms with E-state index in [9.17, 15) is 14.7 Å². The fraction of sp³-hybridized carbons (Fsp3) is 0.556. The fourth-order valence-corrected chi connectivity index (χ4v) is 2.93. The van der Waals surface area contributed by atoms with E-state index >= 15 is 0 Å². The molecule has 1 N–H and O–H groups in total. The van der Waals surface area contributed by atoms with Crippen LogP contribution in [0.4, 0.5) is 0 Å². The molecule has 1 unspecified atom stereocenters. The second kappa shape index (κ2) is 6.71. The molecule has 0 bridgehead atoms. The number of morpholine rings is 1. The van der Waals surface area contributed by atoms with Crippen LogP contribution >= 0.6 is 0 Å². The Hall–Kier alpha value is -1.88. The molecular weight excluding hydrogens is 294 g/mol. The van der Waals surface area contributed by atoms with Gasteiger partial charge in [0.15, 0.2) is 6.10 Å². The molecule has 0 radical (unpaired) electrons. The normalized spacial score (nSPS) is 22.0. The number of rotatable bonds is 4. The van der Waals surface area contributed by atoms with Gasteiger partial charge in [-0.15, -0.1) is 0 Å². The lowest BCUT2D eigenvalue weighted by atomic mass is 9.82. The van der Waals surface area contributed by atoms with E-state index in [4.69, 9.17) is 4.74 Å². The highest BCUT2D eigenvalue weighted by Gasteiger charge is 2.39. The van der Waals surface area contributed by atoms with Crippen LogP contribution in [0.25, 0.3) is 0 Å². The van der Waals surface area contributed by atoms with Crippen molar-refractivity contribution in [3.8, 4) is 0 Å². The Labute approximate surface area is 137 Å². The van der Waals surface area contributed by atoms with Crippen LogP contribution in [0.5, 0.6) is 0 Å². The first-order chi connectivity index (χ1) is 10.8. The van der Waals surface area contributed by atoms with E-state index < -0.39 is 17.5 Å². The summed E-state index contributed by atoms with van der Waals surface area (Å²) in [7, 11) is 0. The maximum Gasteiger partial charge on any atom is 0.334 e. The number of aryl methyl sites for hydroxylation is 1. The van der Waals surface area contributed by atoms with Gasteiger partial charge in [-0.1, -0.05) is 31.2 Å². The highest BCUT2D eigenvalue weighted by atomic mass is 16.5. The second-order valence-electron chi connectivity index (χ2n) is 6.66. The maximum absolute atomic E-state index is 13.0. The van der Waals surface area contributed by atoms with Gasteiger partial charge in [0, 0.05) is 6.54 Å². The first-order valence-corrected chi connectivity index (χ1v) is 8.02. The first-order valence-electron chi connectivity index (χ1n) is 8.02. The predicted molar refractivity (Wildman–Crippen MR) is 87.4 cm³/mol. The van der Waals surface area contributed by atoms with Crippen LogP contribution in [0, 0.1) is 0 Å². The molecular formula is C18H25NO4. The molecule has 1 aliphatic rings. The SMILES string of the molecule is CCc1ccc(C(C)(C)C(=O)N2CC(C(=O)O)O[C@H](C)C2)cc1.